The fourth-order valence-electron chi connectivity index (χ4n) is 4.11. The molecule has 0 N–H and O–H groups in total. The average Bonchev–Trinajstić information content (AvgIpc) is 3.04. The van der Waals surface area contributed by atoms with Crippen LogP contribution < -0.4 is 4.90 Å². The van der Waals surface area contributed by atoms with Gasteiger partial charge in [-0.3, -0.25) is 9.48 Å². The molecule has 1 amide bonds. The minimum atomic E-state index is 0.114. The predicted octanol–water partition coefficient (Wildman–Crippen LogP) is 2.76. The Morgan fingerprint density at radius 1 is 1.31 bits per heavy atom. The molecule has 6 nitrogen and oxygen atoms in total. The summed E-state index contributed by atoms with van der Waals surface area (Å²) in [4.78, 5) is 16.1. The Bertz CT molecular complexity index is 908. The van der Waals surface area contributed by atoms with Crippen LogP contribution in [0, 0.1) is 11.3 Å². The van der Waals surface area contributed by atoms with Crippen molar-refractivity contribution in [1.82, 2.24) is 14.7 Å². The van der Waals surface area contributed by atoms with E-state index in [4.69, 9.17) is 5.10 Å². The molecule has 0 bridgehead atoms. The molecule has 0 atom stereocenters. The van der Waals surface area contributed by atoms with E-state index in [-0.39, 0.29) is 5.91 Å². The lowest BCUT2D eigenvalue weighted by atomic mass is 9.98. The van der Waals surface area contributed by atoms with E-state index >= 15 is 0 Å². The summed E-state index contributed by atoms with van der Waals surface area (Å²) in [6.07, 6.45) is 2.87. The molecule has 0 saturated heterocycles. The van der Waals surface area contributed by atoms with Crippen LogP contribution >= 0.6 is 0 Å². The first-order valence-corrected chi connectivity index (χ1v) is 9.27. The van der Waals surface area contributed by atoms with Crippen molar-refractivity contribution in [1.29, 1.82) is 5.26 Å². The summed E-state index contributed by atoms with van der Waals surface area (Å²) in [5.41, 5.74) is 5.47. The minimum absolute atomic E-state index is 0.114. The third-order valence-corrected chi connectivity index (χ3v) is 5.44. The first-order chi connectivity index (χ1) is 12.6. The van der Waals surface area contributed by atoms with E-state index in [0.717, 1.165) is 50.4 Å². The average molecular weight is 349 g/mol. The molecule has 26 heavy (non-hydrogen) atoms. The lowest BCUT2D eigenvalue weighted by molar-refractivity contribution is -0.129. The van der Waals surface area contributed by atoms with Gasteiger partial charge < -0.3 is 9.80 Å². The molecule has 0 radical (unpaired) electrons. The predicted molar refractivity (Wildman–Crippen MR) is 99.2 cm³/mol. The lowest BCUT2D eigenvalue weighted by Gasteiger charge is -2.32. The highest BCUT2D eigenvalue weighted by atomic mass is 16.2. The van der Waals surface area contributed by atoms with Crippen LogP contribution in [0.15, 0.2) is 18.2 Å². The second-order valence-electron chi connectivity index (χ2n) is 6.97. The molecule has 1 aromatic heterocycles. The number of hydrogen-bond acceptors (Lipinski definition) is 4. The smallest absolute Gasteiger partial charge is 0.219 e. The minimum Gasteiger partial charge on any atom is -0.338 e. The van der Waals surface area contributed by atoms with Crippen molar-refractivity contribution in [3.8, 4) is 6.07 Å². The van der Waals surface area contributed by atoms with E-state index < -0.39 is 0 Å². The number of carbonyl (C=O) groups excluding carboxylic acids is 1. The van der Waals surface area contributed by atoms with Crippen LogP contribution in [0.2, 0.25) is 0 Å². The van der Waals surface area contributed by atoms with Gasteiger partial charge in [0.15, 0.2) is 5.82 Å². The largest absolute Gasteiger partial charge is 0.338 e. The van der Waals surface area contributed by atoms with Gasteiger partial charge in [0, 0.05) is 49.9 Å². The van der Waals surface area contributed by atoms with Crippen LogP contribution in [0.1, 0.15) is 42.7 Å². The van der Waals surface area contributed by atoms with E-state index in [1.807, 2.05) is 23.1 Å². The molecular formula is C20H23N5O. The van der Waals surface area contributed by atoms with Gasteiger partial charge in [0.05, 0.1) is 18.2 Å². The number of hydrogen-bond donors (Lipinski definition) is 0. The van der Waals surface area contributed by atoms with Gasteiger partial charge in [0.25, 0.3) is 0 Å². The molecule has 0 unspecified atom stereocenters. The first kappa shape index (κ1) is 16.6. The summed E-state index contributed by atoms with van der Waals surface area (Å²) in [5, 5.41) is 14.1. The van der Waals surface area contributed by atoms with Gasteiger partial charge in [-0.25, -0.2) is 0 Å². The maximum Gasteiger partial charge on any atom is 0.219 e. The van der Waals surface area contributed by atoms with Gasteiger partial charge in [-0.2, -0.15) is 10.4 Å². The van der Waals surface area contributed by atoms with Crippen LogP contribution in [0.5, 0.6) is 0 Å². The third-order valence-electron chi connectivity index (χ3n) is 5.44. The summed E-state index contributed by atoms with van der Waals surface area (Å²) >= 11 is 0. The number of benzene rings is 1. The number of aromatic nitrogens is 2. The molecule has 1 aromatic carbocycles. The van der Waals surface area contributed by atoms with E-state index in [1.54, 1.807) is 6.92 Å². The highest BCUT2D eigenvalue weighted by molar-refractivity contribution is 5.75. The van der Waals surface area contributed by atoms with Crippen molar-refractivity contribution in [2.75, 3.05) is 18.0 Å². The van der Waals surface area contributed by atoms with Gasteiger partial charge in [-0.05, 0) is 43.5 Å². The number of amides is 1. The van der Waals surface area contributed by atoms with Crippen LogP contribution in [0.25, 0.3) is 0 Å². The quantitative estimate of drug-likeness (QED) is 0.836. The number of rotatable bonds is 2. The maximum atomic E-state index is 11.9. The van der Waals surface area contributed by atoms with Gasteiger partial charge in [0.2, 0.25) is 5.91 Å². The monoisotopic (exact) mass is 349 g/mol. The molecule has 134 valence electrons. The number of anilines is 2. The molecule has 2 aromatic rings. The summed E-state index contributed by atoms with van der Waals surface area (Å²) in [6.45, 7) is 6.87. The normalized spacial score (nSPS) is 16.0. The molecule has 3 heterocycles. The topological polar surface area (TPSA) is 65.2 Å². The van der Waals surface area contributed by atoms with Crippen LogP contribution in [-0.2, 0) is 30.7 Å². The number of nitriles is 1. The van der Waals surface area contributed by atoms with Crippen LogP contribution in [0.3, 0.4) is 0 Å². The fraction of sp³-hybridized carbons (Fsp3) is 0.450. The Morgan fingerprint density at radius 2 is 2.15 bits per heavy atom. The SMILES string of the molecule is CCn1nc(N2CCCc3cc(C#N)ccc32)c2c1CCN(C(C)=O)C2. The zero-order valence-electron chi connectivity index (χ0n) is 15.3. The summed E-state index contributed by atoms with van der Waals surface area (Å²) in [7, 11) is 0. The van der Waals surface area contributed by atoms with E-state index in [9.17, 15) is 10.1 Å². The molecule has 2 aliphatic rings. The summed E-state index contributed by atoms with van der Waals surface area (Å²) in [5.74, 6) is 1.09. The second kappa shape index (κ2) is 6.49. The number of fused-ring (bicyclic) bond motifs is 2. The van der Waals surface area contributed by atoms with Crippen molar-refractivity contribution >= 4 is 17.4 Å². The van der Waals surface area contributed by atoms with Crippen molar-refractivity contribution in [2.24, 2.45) is 0 Å². The third kappa shape index (κ3) is 2.64. The van der Waals surface area contributed by atoms with Crippen molar-refractivity contribution < 1.29 is 4.79 Å². The summed E-state index contributed by atoms with van der Waals surface area (Å²) in [6, 6.07) is 8.14. The maximum absolute atomic E-state index is 11.9. The first-order valence-electron chi connectivity index (χ1n) is 9.27. The number of nitrogens with zero attached hydrogens (tertiary/aromatic N) is 5. The van der Waals surface area contributed by atoms with Crippen molar-refractivity contribution in [2.45, 2.75) is 46.2 Å². The van der Waals surface area contributed by atoms with Crippen molar-refractivity contribution in [3.05, 3.63) is 40.6 Å². The Labute approximate surface area is 153 Å². The van der Waals surface area contributed by atoms with Gasteiger partial charge in [-0.15, -0.1) is 0 Å². The Morgan fingerprint density at radius 3 is 2.88 bits per heavy atom. The Kier molecular flexibility index (Phi) is 4.15. The Balaban J connectivity index is 1.79. The molecule has 2 aliphatic heterocycles. The number of carbonyl (C=O) groups is 1. The number of aryl methyl sites for hydroxylation is 2. The fourth-order valence-corrected chi connectivity index (χ4v) is 4.11. The van der Waals surface area contributed by atoms with E-state index in [0.29, 0.717) is 12.1 Å². The highest BCUT2D eigenvalue weighted by Gasteiger charge is 2.30. The van der Waals surface area contributed by atoms with E-state index in [1.165, 1.54) is 16.8 Å². The Hall–Kier alpha value is -2.81. The molecule has 6 heteroatoms. The molecule has 0 saturated carbocycles. The molecule has 0 aliphatic carbocycles. The standard InChI is InChI=1S/C20H23N5O/c1-3-25-19-8-10-23(14(2)26)13-17(19)20(22-25)24-9-4-5-16-11-15(12-21)6-7-18(16)24/h6-7,11H,3-5,8-10,13H2,1-2H3. The van der Waals surface area contributed by atoms with Gasteiger partial charge >= 0.3 is 0 Å². The second-order valence-corrected chi connectivity index (χ2v) is 6.97. The highest BCUT2D eigenvalue weighted by Crippen LogP contribution is 2.37. The van der Waals surface area contributed by atoms with Gasteiger partial charge in [-0.1, -0.05) is 0 Å². The molecule has 4 rings (SSSR count). The zero-order chi connectivity index (χ0) is 18.3. The van der Waals surface area contributed by atoms with E-state index in [2.05, 4.69) is 22.6 Å². The van der Waals surface area contributed by atoms with Crippen LogP contribution in [0.4, 0.5) is 11.5 Å². The van der Waals surface area contributed by atoms with Crippen molar-refractivity contribution in [3.63, 3.8) is 0 Å². The van der Waals surface area contributed by atoms with Crippen LogP contribution in [-0.4, -0.2) is 33.7 Å². The van der Waals surface area contributed by atoms with Gasteiger partial charge in [0.1, 0.15) is 0 Å². The molecular weight excluding hydrogens is 326 g/mol. The lowest BCUT2D eigenvalue weighted by Crippen LogP contribution is -2.35. The molecule has 0 spiro atoms. The summed E-state index contributed by atoms with van der Waals surface area (Å²) < 4.78 is 2.08. The molecule has 0 fully saturated rings. The zero-order valence-corrected chi connectivity index (χ0v) is 15.3.